The number of hydrogen-bond donors (Lipinski definition) is 0. The summed E-state index contributed by atoms with van der Waals surface area (Å²) in [7, 11) is 1.31. The van der Waals surface area contributed by atoms with Crippen LogP contribution in [0.25, 0.3) is 11.3 Å². The number of rotatable bonds is 10. The fourth-order valence-electron chi connectivity index (χ4n) is 2.91. The highest BCUT2D eigenvalue weighted by Gasteiger charge is 2.15. The Balaban J connectivity index is 1.89. The predicted octanol–water partition coefficient (Wildman–Crippen LogP) is 6.33. The molecule has 0 aliphatic heterocycles. The van der Waals surface area contributed by atoms with Crippen molar-refractivity contribution in [3.8, 4) is 17.0 Å². The van der Waals surface area contributed by atoms with Gasteiger partial charge in [0.05, 0.1) is 12.8 Å². The van der Waals surface area contributed by atoms with E-state index in [1.807, 2.05) is 6.07 Å². The molecule has 0 atom stereocenters. The van der Waals surface area contributed by atoms with Gasteiger partial charge in [0.1, 0.15) is 0 Å². The van der Waals surface area contributed by atoms with Crippen LogP contribution in [-0.2, 0) is 6.42 Å². The van der Waals surface area contributed by atoms with Gasteiger partial charge < -0.3 is 4.74 Å². The monoisotopic (exact) mass is 347 g/mol. The molecule has 0 fully saturated rings. The van der Waals surface area contributed by atoms with E-state index in [2.05, 4.69) is 11.9 Å². The van der Waals surface area contributed by atoms with Crippen molar-refractivity contribution >= 4 is 0 Å². The molecule has 1 heterocycles. The third-order valence-electron chi connectivity index (χ3n) is 4.44. The smallest absolute Gasteiger partial charge is 0.201 e. The molecule has 2 nitrogen and oxygen atoms in total. The maximum absolute atomic E-state index is 14.1. The Morgan fingerprint density at radius 1 is 0.880 bits per heavy atom. The van der Waals surface area contributed by atoms with E-state index < -0.39 is 11.6 Å². The first-order valence-corrected chi connectivity index (χ1v) is 9.14. The molecule has 0 aliphatic rings. The van der Waals surface area contributed by atoms with Gasteiger partial charge in [-0.15, -0.1) is 0 Å². The van der Waals surface area contributed by atoms with E-state index in [1.54, 1.807) is 12.3 Å². The van der Waals surface area contributed by atoms with Crippen LogP contribution in [0.3, 0.4) is 0 Å². The molecule has 0 spiro atoms. The van der Waals surface area contributed by atoms with Gasteiger partial charge in [0.25, 0.3) is 0 Å². The summed E-state index contributed by atoms with van der Waals surface area (Å²) >= 11 is 0. The van der Waals surface area contributed by atoms with Crippen LogP contribution in [0, 0.1) is 11.6 Å². The molecular weight excluding hydrogens is 320 g/mol. The van der Waals surface area contributed by atoms with E-state index in [0.29, 0.717) is 5.69 Å². The number of aryl methyl sites for hydroxylation is 1. The summed E-state index contributed by atoms with van der Waals surface area (Å²) in [4.78, 5) is 4.30. The summed E-state index contributed by atoms with van der Waals surface area (Å²) in [5, 5.41) is 0. The SMILES string of the molecule is CCCCCCCCCc1ccc(-c2ccc(OC)c(F)c2F)nc1. The lowest BCUT2D eigenvalue weighted by Gasteiger charge is -2.08. The molecule has 2 rings (SSSR count). The summed E-state index contributed by atoms with van der Waals surface area (Å²) in [5.41, 5.74) is 1.72. The zero-order valence-electron chi connectivity index (χ0n) is 15.2. The van der Waals surface area contributed by atoms with Crippen LogP contribution in [0.15, 0.2) is 30.5 Å². The zero-order valence-corrected chi connectivity index (χ0v) is 15.2. The van der Waals surface area contributed by atoms with Crippen molar-refractivity contribution in [1.82, 2.24) is 4.98 Å². The van der Waals surface area contributed by atoms with Crippen LogP contribution >= 0.6 is 0 Å². The molecule has 0 N–H and O–H groups in total. The third kappa shape index (κ3) is 5.52. The molecule has 136 valence electrons. The van der Waals surface area contributed by atoms with E-state index >= 15 is 0 Å². The number of ether oxygens (including phenoxy) is 1. The average Bonchev–Trinajstić information content (AvgIpc) is 2.64. The van der Waals surface area contributed by atoms with Gasteiger partial charge in [-0.2, -0.15) is 4.39 Å². The minimum absolute atomic E-state index is 0.100. The molecule has 0 aliphatic carbocycles. The molecule has 0 saturated heterocycles. The Morgan fingerprint density at radius 3 is 2.24 bits per heavy atom. The second kappa shape index (κ2) is 10.1. The van der Waals surface area contributed by atoms with Crippen molar-refractivity contribution in [2.45, 2.75) is 58.3 Å². The lowest BCUT2D eigenvalue weighted by Crippen LogP contribution is -1.96. The van der Waals surface area contributed by atoms with Gasteiger partial charge in [0.15, 0.2) is 11.6 Å². The van der Waals surface area contributed by atoms with Crippen molar-refractivity contribution in [2.75, 3.05) is 7.11 Å². The first-order chi connectivity index (χ1) is 12.2. The number of nitrogens with zero attached hydrogens (tertiary/aromatic N) is 1. The highest BCUT2D eigenvalue weighted by Crippen LogP contribution is 2.28. The Kier molecular flexibility index (Phi) is 7.83. The van der Waals surface area contributed by atoms with Crippen LogP contribution in [0.2, 0.25) is 0 Å². The molecule has 2 aromatic rings. The molecule has 1 aromatic carbocycles. The van der Waals surface area contributed by atoms with Gasteiger partial charge in [-0.05, 0) is 36.6 Å². The topological polar surface area (TPSA) is 22.1 Å². The quantitative estimate of drug-likeness (QED) is 0.469. The van der Waals surface area contributed by atoms with Crippen molar-refractivity contribution in [2.24, 2.45) is 0 Å². The Bertz CT molecular complexity index is 656. The molecule has 0 amide bonds. The fraction of sp³-hybridized carbons (Fsp3) is 0.476. The summed E-state index contributed by atoms with van der Waals surface area (Å²) < 4.78 is 32.7. The third-order valence-corrected chi connectivity index (χ3v) is 4.44. The number of pyridine rings is 1. The van der Waals surface area contributed by atoms with Crippen LogP contribution in [0.5, 0.6) is 5.75 Å². The summed E-state index contributed by atoms with van der Waals surface area (Å²) in [5.74, 6) is -2.00. The van der Waals surface area contributed by atoms with Gasteiger partial charge in [-0.25, -0.2) is 4.39 Å². The van der Waals surface area contributed by atoms with E-state index in [9.17, 15) is 8.78 Å². The lowest BCUT2D eigenvalue weighted by atomic mass is 10.0. The highest BCUT2D eigenvalue weighted by atomic mass is 19.2. The molecule has 0 saturated carbocycles. The molecule has 0 unspecified atom stereocenters. The van der Waals surface area contributed by atoms with Crippen LogP contribution in [0.4, 0.5) is 8.78 Å². The fourth-order valence-corrected chi connectivity index (χ4v) is 2.91. The van der Waals surface area contributed by atoms with Gasteiger partial charge in [0.2, 0.25) is 5.82 Å². The van der Waals surface area contributed by atoms with Crippen molar-refractivity contribution in [3.05, 3.63) is 47.7 Å². The highest BCUT2D eigenvalue weighted by molar-refractivity contribution is 5.61. The van der Waals surface area contributed by atoms with E-state index in [0.717, 1.165) is 18.4 Å². The Hall–Kier alpha value is -1.97. The predicted molar refractivity (Wildman–Crippen MR) is 97.8 cm³/mol. The van der Waals surface area contributed by atoms with Gasteiger partial charge in [0, 0.05) is 11.8 Å². The second-order valence-corrected chi connectivity index (χ2v) is 6.37. The molecule has 1 aromatic heterocycles. The molecule has 4 heteroatoms. The average molecular weight is 347 g/mol. The van der Waals surface area contributed by atoms with Crippen molar-refractivity contribution in [1.29, 1.82) is 0 Å². The van der Waals surface area contributed by atoms with E-state index in [-0.39, 0.29) is 11.3 Å². The normalized spacial score (nSPS) is 10.9. The zero-order chi connectivity index (χ0) is 18.1. The maximum Gasteiger partial charge on any atom is 0.201 e. The maximum atomic E-state index is 14.1. The number of benzene rings is 1. The number of unbranched alkanes of at least 4 members (excludes halogenated alkanes) is 6. The summed E-state index contributed by atoms with van der Waals surface area (Å²) in [6.07, 6.45) is 11.6. The number of halogens is 2. The minimum atomic E-state index is -0.978. The first-order valence-electron chi connectivity index (χ1n) is 9.14. The van der Waals surface area contributed by atoms with Crippen molar-refractivity contribution < 1.29 is 13.5 Å². The van der Waals surface area contributed by atoms with Crippen LogP contribution in [0.1, 0.15) is 57.4 Å². The molecule has 25 heavy (non-hydrogen) atoms. The lowest BCUT2D eigenvalue weighted by molar-refractivity contribution is 0.372. The summed E-state index contributed by atoms with van der Waals surface area (Å²) in [6, 6.07) is 6.61. The first kappa shape index (κ1) is 19.4. The number of hydrogen-bond acceptors (Lipinski definition) is 2. The van der Waals surface area contributed by atoms with Crippen LogP contribution < -0.4 is 4.74 Å². The number of aromatic nitrogens is 1. The Labute approximate surface area is 149 Å². The minimum Gasteiger partial charge on any atom is -0.494 e. The van der Waals surface area contributed by atoms with Gasteiger partial charge >= 0.3 is 0 Å². The van der Waals surface area contributed by atoms with Gasteiger partial charge in [-0.1, -0.05) is 51.5 Å². The standard InChI is InChI=1S/C21H27F2NO/c1-3-4-5-6-7-8-9-10-16-11-13-18(24-15-16)17-12-14-19(25-2)21(23)20(17)22/h11-15H,3-10H2,1-2H3. The molecule has 0 bridgehead atoms. The van der Waals surface area contributed by atoms with Crippen molar-refractivity contribution in [3.63, 3.8) is 0 Å². The molecular formula is C21H27F2NO. The second-order valence-electron chi connectivity index (χ2n) is 6.37. The van der Waals surface area contributed by atoms with Crippen LogP contribution in [-0.4, -0.2) is 12.1 Å². The van der Waals surface area contributed by atoms with E-state index in [4.69, 9.17) is 4.74 Å². The Morgan fingerprint density at radius 2 is 1.60 bits per heavy atom. The van der Waals surface area contributed by atoms with E-state index in [1.165, 1.54) is 57.8 Å². The van der Waals surface area contributed by atoms with Gasteiger partial charge in [-0.3, -0.25) is 4.98 Å². The summed E-state index contributed by atoms with van der Waals surface area (Å²) in [6.45, 7) is 2.23. The largest absolute Gasteiger partial charge is 0.494 e. The number of methoxy groups -OCH3 is 1. The molecule has 0 radical (unpaired) electrons.